The summed E-state index contributed by atoms with van der Waals surface area (Å²) < 4.78 is 87.9. The van der Waals surface area contributed by atoms with Gasteiger partial charge in [-0.3, -0.25) is 27.2 Å². The number of imidazole rings is 2. The summed E-state index contributed by atoms with van der Waals surface area (Å²) in [5.41, 5.74) is 11.4. The third-order valence-corrected chi connectivity index (χ3v) is 11.5. The Kier molecular flexibility index (Phi) is 8.52. The number of alkyl halides is 1. The van der Waals surface area contributed by atoms with Crippen LogP contribution in [0, 0.1) is 0 Å². The lowest BCUT2D eigenvalue weighted by Gasteiger charge is -2.35. The SMILES string of the molecule is CC[C@@]12CO[P@@](=O)(S)O[C@@H]3[C@H](F)[C@@H](COP(=O)(S)O[C@H]1[C@@H](OC)[C@H](n1cnc4c(N)ncnc41)O2)O[C@H]3n1cnc2c(N)ncnc21. The molecule has 254 valence electrons. The molecular formula is C23H29FN10O9P2S2. The van der Waals surface area contributed by atoms with Crippen molar-refractivity contribution in [2.24, 2.45) is 0 Å². The standard InChI is InChI=1S/C23H29FN10O9P2S2/c1-3-23-5-39-45(36,47)42-14-11(24)10(40-21(14)33-8-31-12-17(25)27-6-29-19(12)33)4-38-44(35,46)43-16(23)15(37-2)22(41-23)34-9-32-13-18(26)28-7-30-20(13)34/h6-11,14-16,21-22H,3-5H2,1-2H3,(H,35,46)(H,36,47)(H2,25,27,29)(H2,26,28,30)/t10-,11-,14-,15-,16+,21-,22-,23-,44?,45-/m1/s1. The number of hydrogen-bond donors (Lipinski definition) is 4. The molecule has 0 aromatic carbocycles. The smallest absolute Gasteiger partial charge is 0.382 e. The minimum atomic E-state index is -4.41. The summed E-state index contributed by atoms with van der Waals surface area (Å²) in [4.78, 5) is 24.8. The lowest BCUT2D eigenvalue weighted by molar-refractivity contribution is -0.124. The second kappa shape index (κ2) is 12.1. The fourth-order valence-electron chi connectivity index (χ4n) is 5.93. The number of nitrogen functional groups attached to an aromatic ring is 2. The van der Waals surface area contributed by atoms with E-state index in [9.17, 15) is 9.13 Å². The summed E-state index contributed by atoms with van der Waals surface area (Å²) in [5, 5.41) is 0. The lowest BCUT2D eigenvalue weighted by atomic mass is 9.93. The minimum Gasteiger partial charge on any atom is -0.382 e. The van der Waals surface area contributed by atoms with Crippen LogP contribution in [-0.2, 0) is 41.4 Å². The molecule has 4 N–H and O–H groups in total. The number of fused-ring (bicyclic) bond motifs is 5. The highest BCUT2D eigenvalue weighted by Crippen LogP contribution is 2.62. The molecule has 2 bridgehead atoms. The Hall–Kier alpha value is -2.49. The molecular weight excluding hydrogens is 705 g/mol. The average molecular weight is 735 g/mol. The van der Waals surface area contributed by atoms with Crippen LogP contribution in [0.25, 0.3) is 22.3 Å². The molecule has 0 aliphatic carbocycles. The molecule has 3 fully saturated rings. The highest BCUT2D eigenvalue weighted by Gasteiger charge is 2.60. The van der Waals surface area contributed by atoms with Crippen molar-refractivity contribution in [3.05, 3.63) is 25.3 Å². The Morgan fingerprint density at radius 1 is 0.957 bits per heavy atom. The molecule has 47 heavy (non-hydrogen) atoms. The lowest BCUT2D eigenvalue weighted by Crippen LogP contribution is -2.48. The number of methoxy groups -OCH3 is 1. The van der Waals surface area contributed by atoms with Crippen LogP contribution >= 0.6 is 38.1 Å². The number of aromatic nitrogens is 8. The molecule has 0 radical (unpaired) electrons. The zero-order chi connectivity index (χ0) is 33.3. The van der Waals surface area contributed by atoms with Crippen LogP contribution in [0.4, 0.5) is 16.0 Å². The summed E-state index contributed by atoms with van der Waals surface area (Å²) in [6, 6.07) is 0. The van der Waals surface area contributed by atoms with Gasteiger partial charge in [-0.15, -0.1) is 0 Å². The maximum atomic E-state index is 16.0. The van der Waals surface area contributed by atoms with Gasteiger partial charge in [0, 0.05) is 7.11 Å². The van der Waals surface area contributed by atoms with E-state index in [0.717, 1.165) is 0 Å². The van der Waals surface area contributed by atoms with Crippen LogP contribution < -0.4 is 11.5 Å². The predicted molar refractivity (Wildman–Crippen MR) is 167 cm³/mol. The molecule has 7 heterocycles. The zero-order valence-corrected chi connectivity index (χ0v) is 28.1. The van der Waals surface area contributed by atoms with E-state index in [1.165, 1.54) is 41.6 Å². The summed E-state index contributed by atoms with van der Waals surface area (Å²) in [7, 11) is 1.39. The van der Waals surface area contributed by atoms with Gasteiger partial charge >= 0.3 is 13.6 Å². The highest BCUT2D eigenvalue weighted by molar-refractivity contribution is 8.44. The van der Waals surface area contributed by atoms with Gasteiger partial charge < -0.3 is 25.7 Å². The molecule has 0 saturated carbocycles. The van der Waals surface area contributed by atoms with Gasteiger partial charge in [0.15, 0.2) is 41.6 Å². The Balaban J connectivity index is 1.26. The van der Waals surface area contributed by atoms with Crippen molar-refractivity contribution in [3.63, 3.8) is 0 Å². The van der Waals surface area contributed by atoms with Gasteiger partial charge in [-0.05, 0) is 6.42 Å². The Labute approximate surface area is 275 Å². The number of nitrogens with zero attached hydrogens (tertiary/aromatic N) is 8. The fraction of sp³-hybridized carbons (Fsp3) is 0.565. The molecule has 3 saturated heterocycles. The first-order valence-corrected chi connectivity index (χ1v) is 19.4. The van der Waals surface area contributed by atoms with Crippen molar-refractivity contribution in [3.8, 4) is 0 Å². The van der Waals surface area contributed by atoms with Crippen molar-refractivity contribution in [1.82, 2.24) is 39.0 Å². The molecule has 4 aromatic heterocycles. The number of ether oxygens (including phenoxy) is 3. The maximum absolute atomic E-state index is 16.0. The zero-order valence-electron chi connectivity index (χ0n) is 24.5. The molecule has 0 amide bonds. The van der Waals surface area contributed by atoms with E-state index in [-0.39, 0.29) is 29.2 Å². The Morgan fingerprint density at radius 2 is 1.55 bits per heavy atom. The van der Waals surface area contributed by atoms with E-state index in [2.05, 4.69) is 54.4 Å². The van der Waals surface area contributed by atoms with Gasteiger partial charge in [0.25, 0.3) is 0 Å². The van der Waals surface area contributed by atoms with Crippen LogP contribution in [0.5, 0.6) is 0 Å². The van der Waals surface area contributed by atoms with E-state index in [0.29, 0.717) is 11.2 Å². The summed E-state index contributed by atoms with van der Waals surface area (Å²) in [6.45, 7) is -8.14. The van der Waals surface area contributed by atoms with Crippen LogP contribution in [0.2, 0.25) is 0 Å². The first-order chi connectivity index (χ1) is 22.4. The van der Waals surface area contributed by atoms with Gasteiger partial charge in [-0.1, -0.05) is 31.4 Å². The number of thiol groups is 2. The van der Waals surface area contributed by atoms with E-state index in [1.54, 1.807) is 6.92 Å². The Bertz CT molecular complexity index is 1930. The maximum Gasteiger partial charge on any atom is 0.386 e. The van der Waals surface area contributed by atoms with Crippen molar-refractivity contribution in [2.45, 2.75) is 62.0 Å². The Morgan fingerprint density at radius 3 is 2.15 bits per heavy atom. The molecule has 3 aliphatic rings. The van der Waals surface area contributed by atoms with Crippen molar-refractivity contribution < 1.29 is 45.8 Å². The van der Waals surface area contributed by atoms with E-state index >= 15 is 4.39 Å². The minimum absolute atomic E-state index is 0.0719. The van der Waals surface area contributed by atoms with Gasteiger partial charge in [0.1, 0.15) is 53.7 Å². The number of halogens is 1. The highest BCUT2D eigenvalue weighted by atomic mass is 32.7. The summed E-state index contributed by atoms with van der Waals surface area (Å²) in [6.07, 6.45) is -4.28. The van der Waals surface area contributed by atoms with Crippen LogP contribution in [0.3, 0.4) is 0 Å². The first-order valence-electron chi connectivity index (χ1n) is 14.0. The molecule has 19 nitrogen and oxygen atoms in total. The molecule has 0 spiro atoms. The second-order valence-corrected chi connectivity index (χ2v) is 16.7. The van der Waals surface area contributed by atoms with Crippen molar-refractivity contribution in [2.75, 3.05) is 31.8 Å². The first kappa shape index (κ1) is 33.0. The number of nitrogens with two attached hydrogens (primary N) is 2. The quantitative estimate of drug-likeness (QED) is 0.174. The largest absolute Gasteiger partial charge is 0.386 e. The summed E-state index contributed by atoms with van der Waals surface area (Å²) >= 11 is 8.37. The monoisotopic (exact) mass is 734 g/mol. The van der Waals surface area contributed by atoms with Crippen LogP contribution in [0.1, 0.15) is 25.8 Å². The van der Waals surface area contributed by atoms with Crippen molar-refractivity contribution >= 4 is 72.1 Å². The molecule has 4 aromatic rings. The topological polar surface area (TPSA) is 238 Å². The third-order valence-electron chi connectivity index (χ3n) is 8.29. The molecule has 24 heteroatoms. The number of rotatable bonds is 4. The molecule has 10 atom stereocenters. The van der Waals surface area contributed by atoms with Gasteiger partial charge in [-0.2, -0.15) is 0 Å². The molecule has 7 rings (SSSR count). The van der Waals surface area contributed by atoms with E-state index in [4.69, 9.17) is 43.8 Å². The number of hydrogen-bond acceptors (Lipinski definition) is 17. The fourth-order valence-corrected chi connectivity index (χ4v) is 8.90. The van der Waals surface area contributed by atoms with Crippen LogP contribution in [-0.4, -0.2) is 95.6 Å². The van der Waals surface area contributed by atoms with Crippen LogP contribution in [0.15, 0.2) is 25.3 Å². The van der Waals surface area contributed by atoms with Gasteiger partial charge in [-0.25, -0.2) is 43.4 Å². The number of anilines is 2. The predicted octanol–water partition coefficient (Wildman–Crippen LogP) is 2.65. The van der Waals surface area contributed by atoms with Gasteiger partial charge in [0.2, 0.25) is 0 Å². The van der Waals surface area contributed by atoms with E-state index < -0.39 is 75.5 Å². The average Bonchev–Trinajstić information content (AvgIpc) is 3.79. The van der Waals surface area contributed by atoms with Crippen molar-refractivity contribution in [1.29, 1.82) is 0 Å². The van der Waals surface area contributed by atoms with E-state index in [1.807, 2.05) is 0 Å². The second-order valence-electron chi connectivity index (χ2n) is 10.9. The molecule has 3 aliphatic heterocycles. The summed E-state index contributed by atoms with van der Waals surface area (Å²) in [5.74, 6) is 0.207. The van der Waals surface area contributed by atoms with Gasteiger partial charge in [0.05, 0.1) is 25.9 Å². The third kappa shape index (κ3) is 5.72. The normalized spacial score (nSPS) is 38.2. The molecule has 1 unspecified atom stereocenters.